The zero-order chi connectivity index (χ0) is 21.6. The van der Waals surface area contributed by atoms with Crippen LogP contribution in [0.5, 0.6) is 0 Å². The first kappa shape index (κ1) is 21.3. The van der Waals surface area contributed by atoms with Crippen LogP contribution >= 0.6 is 0 Å². The number of piperidine rings is 1. The number of aromatic nitrogens is 2. The number of likely N-dealkylation sites (tertiary alicyclic amines) is 1. The highest BCUT2D eigenvalue weighted by atomic mass is 16.1. The van der Waals surface area contributed by atoms with Crippen LogP contribution in [0.15, 0.2) is 60.8 Å². The van der Waals surface area contributed by atoms with Gasteiger partial charge in [-0.2, -0.15) is 5.10 Å². The fourth-order valence-corrected chi connectivity index (χ4v) is 4.40. The van der Waals surface area contributed by atoms with Crippen molar-refractivity contribution in [1.82, 2.24) is 20.0 Å². The third-order valence-electron chi connectivity index (χ3n) is 6.29. The summed E-state index contributed by atoms with van der Waals surface area (Å²) >= 11 is 0. The van der Waals surface area contributed by atoms with Crippen molar-refractivity contribution in [3.63, 3.8) is 0 Å². The topological polar surface area (TPSA) is 50.2 Å². The third kappa shape index (κ3) is 5.61. The molecule has 31 heavy (non-hydrogen) atoms. The second kappa shape index (κ2) is 9.92. The van der Waals surface area contributed by atoms with E-state index in [0.29, 0.717) is 18.0 Å². The van der Waals surface area contributed by atoms with E-state index < -0.39 is 0 Å². The molecule has 0 radical (unpaired) electrons. The minimum Gasteiger partial charge on any atom is -0.348 e. The number of nitrogens with one attached hydrogen (secondary N) is 1. The van der Waals surface area contributed by atoms with Gasteiger partial charge in [0.1, 0.15) is 0 Å². The molecular formula is C26H32N4O. The van der Waals surface area contributed by atoms with Gasteiger partial charge < -0.3 is 5.32 Å². The minimum absolute atomic E-state index is 0.0380. The summed E-state index contributed by atoms with van der Waals surface area (Å²) in [5.74, 6) is 0.535. The lowest BCUT2D eigenvalue weighted by Crippen LogP contribution is -2.34. The summed E-state index contributed by atoms with van der Waals surface area (Å²) < 4.78 is 1.76. The van der Waals surface area contributed by atoms with Gasteiger partial charge in [-0.1, -0.05) is 54.6 Å². The fourth-order valence-electron chi connectivity index (χ4n) is 4.40. The molecule has 4 rings (SSSR count). The first-order valence-corrected chi connectivity index (χ1v) is 11.2. The van der Waals surface area contributed by atoms with Crippen LogP contribution in [-0.2, 0) is 26.6 Å². The Bertz CT molecular complexity index is 1000. The molecule has 1 fully saturated rings. The predicted molar refractivity (Wildman–Crippen MR) is 124 cm³/mol. The van der Waals surface area contributed by atoms with Crippen LogP contribution in [0.3, 0.4) is 0 Å². The molecule has 5 heteroatoms. The van der Waals surface area contributed by atoms with Crippen LogP contribution in [0.1, 0.15) is 45.6 Å². The summed E-state index contributed by atoms with van der Waals surface area (Å²) in [4.78, 5) is 15.4. The molecule has 3 aromatic rings. The fraction of sp³-hybridized carbons (Fsp3) is 0.385. The zero-order valence-corrected chi connectivity index (χ0v) is 18.6. The summed E-state index contributed by atoms with van der Waals surface area (Å²) in [7, 11) is 1.89. The Hall–Kier alpha value is -2.92. The maximum absolute atomic E-state index is 12.8. The Morgan fingerprint density at radius 3 is 2.52 bits per heavy atom. The number of carbonyl (C=O) groups excluding carboxylic acids is 1. The predicted octanol–water partition coefficient (Wildman–Crippen LogP) is 4.11. The van der Waals surface area contributed by atoms with E-state index in [2.05, 4.69) is 46.5 Å². The maximum atomic E-state index is 12.8. The van der Waals surface area contributed by atoms with Crippen molar-refractivity contribution in [1.29, 1.82) is 0 Å². The normalized spacial score (nSPS) is 15.2. The van der Waals surface area contributed by atoms with E-state index in [9.17, 15) is 4.79 Å². The van der Waals surface area contributed by atoms with E-state index >= 15 is 0 Å². The Labute approximate surface area is 185 Å². The molecule has 1 aromatic heterocycles. The molecule has 0 saturated carbocycles. The van der Waals surface area contributed by atoms with Crippen molar-refractivity contribution >= 4 is 5.91 Å². The van der Waals surface area contributed by atoms with Crippen molar-refractivity contribution < 1.29 is 4.79 Å². The highest BCUT2D eigenvalue weighted by Crippen LogP contribution is 2.24. The first-order chi connectivity index (χ1) is 15.1. The molecule has 1 aliphatic heterocycles. The van der Waals surface area contributed by atoms with Gasteiger partial charge in [0.05, 0.1) is 11.3 Å². The summed E-state index contributed by atoms with van der Waals surface area (Å²) in [6.45, 7) is 5.94. The first-order valence-electron chi connectivity index (χ1n) is 11.2. The summed E-state index contributed by atoms with van der Waals surface area (Å²) in [5.41, 5.74) is 5.51. The molecule has 2 aromatic carbocycles. The highest BCUT2D eigenvalue weighted by Gasteiger charge is 2.24. The number of hydrogen-bond acceptors (Lipinski definition) is 3. The molecule has 0 spiro atoms. The zero-order valence-electron chi connectivity index (χ0n) is 18.6. The largest absolute Gasteiger partial charge is 0.348 e. The van der Waals surface area contributed by atoms with Crippen LogP contribution in [0.2, 0.25) is 0 Å². The van der Waals surface area contributed by atoms with E-state index in [1.54, 1.807) is 4.68 Å². The van der Waals surface area contributed by atoms with Gasteiger partial charge in [0.25, 0.3) is 5.91 Å². The lowest BCUT2D eigenvalue weighted by molar-refractivity contribution is 0.0949. The van der Waals surface area contributed by atoms with Crippen LogP contribution in [0.25, 0.3) is 0 Å². The number of carbonyl (C=O) groups is 1. The number of hydrogen-bond donors (Lipinski definition) is 1. The number of aryl methyl sites for hydroxylation is 2. The SMILES string of the molecule is Cc1ccccc1CN1CCC(Cc2nn(C)cc2C(=O)NCc2ccccc2)CC1. The van der Waals surface area contributed by atoms with Gasteiger partial charge in [0.2, 0.25) is 0 Å². The van der Waals surface area contributed by atoms with Gasteiger partial charge in [-0.25, -0.2) is 0 Å². The van der Waals surface area contributed by atoms with Gasteiger partial charge in [0.15, 0.2) is 0 Å². The molecule has 0 unspecified atom stereocenters. The Balaban J connectivity index is 1.32. The molecule has 0 bridgehead atoms. The Kier molecular flexibility index (Phi) is 6.82. The molecule has 162 valence electrons. The van der Waals surface area contributed by atoms with Gasteiger partial charge in [-0.15, -0.1) is 0 Å². The van der Waals surface area contributed by atoms with Gasteiger partial charge in [-0.05, 0) is 61.9 Å². The third-order valence-corrected chi connectivity index (χ3v) is 6.29. The summed E-state index contributed by atoms with van der Waals surface area (Å²) in [6, 6.07) is 18.7. The van der Waals surface area contributed by atoms with Crippen molar-refractivity contribution in [2.75, 3.05) is 13.1 Å². The monoisotopic (exact) mass is 416 g/mol. The average molecular weight is 417 g/mol. The molecule has 0 aliphatic carbocycles. The number of rotatable bonds is 7. The van der Waals surface area contributed by atoms with E-state index in [0.717, 1.165) is 50.2 Å². The molecule has 2 heterocycles. The molecule has 0 atom stereocenters. The second-order valence-corrected chi connectivity index (χ2v) is 8.68. The van der Waals surface area contributed by atoms with Crippen LogP contribution in [0, 0.1) is 12.8 Å². The van der Waals surface area contributed by atoms with Crippen LogP contribution < -0.4 is 5.32 Å². The van der Waals surface area contributed by atoms with E-state index in [4.69, 9.17) is 0 Å². The average Bonchev–Trinajstić information content (AvgIpc) is 3.16. The quantitative estimate of drug-likeness (QED) is 0.631. The molecule has 1 amide bonds. The molecular weight excluding hydrogens is 384 g/mol. The molecule has 1 aliphatic rings. The van der Waals surface area contributed by atoms with Crippen LogP contribution in [-0.4, -0.2) is 33.7 Å². The lowest BCUT2D eigenvalue weighted by atomic mass is 9.90. The minimum atomic E-state index is -0.0380. The number of nitrogens with zero attached hydrogens (tertiary/aromatic N) is 3. The van der Waals surface area contributed by atoms with Crippen molar-refractivity contribution in [3.8, 4) is 0 Å². The Morgan fingerprint density at radius 1 is 1.06 bits per heavy atom. The molecule has 5 nitrogen and oxygen atoms in total. The molecule has 1 saturated heterocycles. The van der Waals surface area contributed by atoms with Gasteiger partial charge in [0, 0.05) is 26.3 Å². The van der Waals surface area contributed by atoms with Gasteiger partial charge in [-0.3, -0.25) is 14.4 Å². The molecule has 1 N–H and O–H groups in total. The highest BCUT2D eigenvalue weighted by molar-refractivity contribution is 5.95. The van der Waals surface area contributed by atoms with Crippen molar-refractivity contribution in [3.05, 3.63) is 88.7 Å². The standard InChI is InChI=1S/C26H32N4O/c1-20-8-6-7-11-23(20)18-30-14-12-21(13-15-30)16-25-24(19-29(2)28-25)26(31)27-17-22-9-4-3-5-10-22/h3-11,19,21H,12-18H2,1-2H3,(H,27,31). The van der Waals surface area contributed by atoms with Crippen molar-refractivity contribution in [2.24, 2.45) is 13.0 Å². The second-order valence-electron chi connectivity index (χ2n) is 8.68. The van der Waals surface area contributed by atoms with E-state index in [1.807, 2.05) is 43.6 Å². The summed E-state index contributed by atoms with van der Waals surface area (Å²) in [5, 5.41) is 7.67. The van der Waals surface area contributed by atoms with E-state index in [1.165, 1.54) is 11.1 Å². The smallest absolute Gasteiger partial charge is 0.255 e. The number of benzene rings is 2. The van der Waals surface area contributed by atoms with Gasteiger partial charge >= 0.3 is 0 Å². The maximum Gasteiger partial charge on any atom is 0.255 e. The van der Waals surface area contributed by atoms with E-state index in [-0.39, 0.29) is 5.91 Å². The lowest BCUT2D eigenvalue weighted by Gasteiger charge is -2.32. The Morgan fingerprint density at radius 2 is 1.77 bits per heavy atom. The van der Waals surface area contributed by atoms with Crippen molar-refractivity contribution in [2.45, 2.75) is 39.3 Å². The summed E-state index contributed by atoms with van der Waals surface area (Å²) in [6.07, 6.45) is 5.01. The number of amides is 1. The van der Waals surface area contributed by atoms with Crippen LogP contribution in [0.4, 0.5) is 0 Å².